The van der Waals surface area contributed by atoms with Crippen molar-refractivity contribution >= 4 is 46.6 Å². The van der Waals surface area contributed by atoms with Gasteiger partial charge in [0.15, 0.2) is 4.80 Å². The molecule has 228 valence electrons. The van der Waals surface area contributed by atoms with Crippen molar-refractivity contribution in [2.45, 2.75) is 59.1 Å². The molecule has 0 aliphatic carbocycles. The van der Waals surface area contributed by atoms with Crippen LogP contribution in [0.1, 0.15) is 74.8 Å². The van der Waals surface area contributed by atoms with Crippen LogP contribution in [-0.4, -0.2) is 17.1 Å². The van der Waals surface area contributed by atoms with E-state index in [1.54, 1.807) is 23.6 Å². The van der Waals surface area contributed by atoms with E-state index in [9.17, 15) is 9.59 Å². The van der Waals surface area contributed by atoms with Crippen molar-refractivity contribution in [1.29, 1.82) is 0 Å². The van der Waals surface area contributed by atoms with Gasteiger partial charge in [-0.05, 0) is 54.7 Å². The van der Waals surface area contributed by atoms with Gasteiger partial charge in [-0.2, -0.15) is 0 Å². The number of hydrogen-bond donors (Lipinski definition) is 0. The second kappa shape index (κ2) is 14.0. The zero-order valence-corrected chi connectivity index (χ0v) is 27.4. The number of thiazole rings is 1. The molecule has 0 amide bonds. The first-order valence-corrected chi connectivity index (χ1v) is 16.3. The number of para-hydroxylation sites is 1. The largest absolute Gasteiger partial charge is 0.488 e. The zero-order chi connectivity index (χ0) is 31.4. The van der Waals surface area contributed by atoms with Gasteiger partial charge in [-0.15, -0.1) is 0 Å². The van der Waals surface area contributed by atoms with Gasteiger partial charge in [0.25, 0.3) is 5.56 Å². The Kier molecular flexibility index (Phi) is 10.1. The van der Waals surface area contributed by atoms with Gasteiger partial charge < -0.3 is 9.47 Å². The van der Waals surface area contributed by atoms with E-state index in [1.807, 2.05) is 55.5 Å². The van der Waals surface area contributed by atoms with Crippen molar-refractivity contribution < 1.29 is 14.3 Å². The number of aromatic nitrogens is 1. The average molecular weight is 650 g/mol. The summed E-state index contributed by atoms with van der Waals surface area (Å²) in [6.45, 7) is 8.54. The molecule has 0 saturated heterocycles. The lowest BCUT2D eigenvalue weighted by molar-refractivity contribution is -0.139. The molecule has 1 aromatic heterocycles. The maximum absolute atomic E-state index is 14.2. The molecule has 0 spiro atoms. The van der Waals surface area contributed by atoms with E-state index < -0.39 is 12.0 Å². The molecule has 0 fully saturated rings. The fourth-order valence-corrected chi connectivity index (χ4v) is 6.64. The number of esters is 1. The van der Waals surface area contributed by atoms with E-state index in [0.717, 1.165) is 23.1 Å². The molecular formula is C35H34Cl2N2O4S. The van der Waals surface area contributed by atoms with Crippen LogP contribution in [0.2, 0.25) is 10.0 Å². The van der Waals surface area contributed by atoms with E-state index in [1.165, 1.54) is 16.9 Å². The molecule has 3 aromatic carbocycles. The summed E-state index contributed by atoms with van der Waals surface area (Å²) in [5, 5.41) is 1.07. The molecule has 1 aliphatic rings. The van der Waals surface area contributed by atoms with Gasteiger partial charge >= 0.3 is 5.97 Å². The molecule has 0 radical (unpaired) electrons. The third-order valence-electron chi connectivity index (χ3n) is 7.41. The van der Waals surface area contributed by atoms with Crippen LogP contribution in [0.15, 0.2) is 87.8 Å². The smallest absolute Gasteiger partial charge is 0.338 e. The maximum Gasteiger partial charge on any atom is 0.338 e. The van der Waals surface area contributed by atoms with E-state index in [0.29, 0.717) is 48.7 Å². The Balaban J connectivity index is 1.62. The lowest BCUT2D eigenvalue weighted by Crippen LogP contribution is -2.40. The van der Waals surface area contributed by atoms with Crippen LogP contribution in [0.4, 0.5) is 0 Å². The lowest BCUT2D eigenvalue weighted by atomic mass is 9.92. The fraction of sp³-hybridized carbons (Fsp3) is 0.286. The highest BCUT2D eigenvalue weighted by atomic mass is 35.5. The standard InChI is InChI=1S/C35H34Cl2N2O4S/c1-5-9-28-31(34(41)42-6-2)32(23-14-12-22(13-15-23)21(3)4)39-33(40)30(44-35(39)38-28)18-24-10-7-8-11-29(24)43-20-25-16-17-26(36)19-27(25)37/h7-8,10-19,21,32H,5-6,9,20H2,1-4H3/b30-18+/t32-/m0/s1. The van der Waals surface area contributed by atoms with Crippen LogP contribution in [0.25, 0.3) is 6.08 Å². The Morgan fingerprint density at radius 2 is 1.82 bits per heavy atom. The van der Waals surface area contributed by atoms with Crippen molar-refractivity contribution in [1.82, 2.24) is 4.57 Å². The first-order valence-electron chi connectivity index (χ1n) is 14.7. The van der Waals surface area contributed by atoms with Crippen LogP contribution < -0.4 is 19.6 Å². The first-order chi connectivity index (χ1) is 21.2. The molecule has 9 heteroatoms. The number of nitrogens with zero attached hydrogens (tertiary/aromatic N) is 2. The number of carbonyl (C=O) groups excluding carboxylic acids is 1. The lowest BCUT2D eigenvalue weighted by Gasteiger charge is -2.26. The van der Waals surface area contributed by atoms with Crippen molar-refractivity contribution in [2.24, 2.45) is 4.99 Å². The molecule has 6 nitrogen and oxygen atoms in total. The van der Waals surface area contributed by atoms with E-state index in [2.05, 4.69) is 26.0 Å². The van der Waals surface area contributed by atoms with Crippen molar-refractivity contribution in [2.75, 3.05) is 6.61 Å². The minimum atomic E-state index is -0.659. The second-order valence-corrected chi connectivity index (χ2v) is 12.6. The number of benzene rings is 3. The van der Waals surface area contributed by atoms with Crippen LogP contribution in [0.5, 0.6) is 5.75 Å². The molecule has 0 unspecified atom stereocenters. The van der Waals surface area contributed by atoms with Crippen molar-refractivity contribution in [3.8, 4) is 5.75 Å². The van der Waals surface area contributed by atoms with Crippen molar-refractivity contribution in [3.63, 3.8) is 0 Å². The van der Waals surface area contributed by atoms with Gasteiger partial charge in [0, 0.05) is 21.2 Å². The van der Waals surface area contributed by atoms with Crippen LogP contribution >= 0.6 is 34.5 Å². The summed E-state index contributed by atoms with van der Waals surface area (Å²) < 4.78 is 13.8. The number of allylic oxidation sites excluding steroid dienone is 1. The number of carbonyl (C=O) groups is 1. The number of ether oxygens (including phenoxy) is 2. The quantitative estimate of drug-likeness (QED) is 0.166. The predicted molar refractivity (Wildman–Crippen MR) is 177 cm³/mol. The minimum absolute atomic E-state index is 0.225. The Morgan fingerprint density at radius 3 is 2.50 bits per heavy atom. The van der Waals surface area contributed by atoms with Gasteiger partial charge in [0.1, 0.15) is 12.4 Å². The van der Waals surface area contributed by atoms with Crippen LogP contribution in [0, 0.1) is 0 Å². The number of fused-ring (bicyclic) bond motifs is 1. The highest BCUT2D eigenvalue weighted by Gasteiger charge is 2.34. The molecule has 0 saturated carbocycles. The summed E-state index contributed by atoms with van der Waals surface area (Å²) in [6, 6.07) is 20.2. The molecule has 1 aliphatic heterocycles. The van der Waals surface area contributed by atoms with E-state index >= 15 is 0 Å². The SMILES string of the molecule is CCCC1=C(C(=O)OCC)[C@H](c2ccc(C(C)C)cc2)n2c(s/c(=C/c3ccccc3OCc3ccc(Cl)cc3Cl)c2=O)=N1. The summed E-state index contributed by atoms with van der Waals surface area (Å²) in [5.41, 5.74) is 4.36. The highest BCUT2D eigenvalue weighted by molar-refractivity contribution is 7.07. The van der Waals surface area contributed by atoms with Crippen molar-refractivity contribution in [3.05, 3.63) is 130 Å². The number of rotatable bonds is 10. The third kappa shape index (κ3) is 6.70. The molecule has 0 N–H and O–H groups in total. The summed E-state index contributed by atoms with van der Waals surface area (Å²) >= 11 is 13.7. The zero-order valence-electron chi connectivity index (χ0n) is 25.1. The van der Waals surface area contributed by atoms with Gasteiger partial charge in [-0.1, -0.05) is 110 Å². The summed E-state index contributed by atoms with van der Waals surface area (Å²) in [4.78, 5) is 33.0. The fourth-order valence-electron chi connectivity index (χ4n) is 5.17. The monoisotopic (exact) mass is 648 g/mol. The Labute approximate surface area is 270 Å². The van der Waals surface area contributed by atoms with Gasteiger partial charge in [0.05, 0.1) is 28.5 Å². The molecule has 4 aromatic rings. The van der Waals surface area contributed by atoms with E-state index in [-0.39, 0.29) is 18.8 Å². The third-order valence-corrected chi connectivity index (χ3v) is 8.98. The molecule has 2 heterocycles. The Hall–Kier alpha value is -3.65. The van der Waals surface area contributed by atoms with Gasteiger partial charge in [-0.3, -0.25) is 9.36 Å². The van der Waals surface area contributed by atoms with Gasteiger partial charge in [0.2, 0.25) is 0 Å². The summed E-state index contributed by atoms with van der Waals surface area (Å²) in [6.07, 6.45) is 3.19. The van der Waals surface area contributed by atoms with E-state index in [4.69, 9.17) is 37.7 Å². The molecule has 0 bridgehead atoms. The first kappa shape index (κ1) is 31.8. The molecule has 44 heavy (non-hydrogen) atoms. The maximum atomic E-state index is 14.2. The minimum Gasteiger partial charge on any atom is -0.488 e. The molecule has 5 rings (SSSR count). The highest BCUT2D eigenvalue weighted by Crippen LogP contribution is 2.33. The predicted octanol–water partition coefficient (Wildman–Crippen LogP) is 7.59. The summed E-state index contributed by atoms with van der Waals surface area (Å²) in [7, 11) is 0. The number of halogens is 2. The van der Waals surface area contributed by atoms with Crippen LogP contribution in [0.3, 0.4) is 0 Å². The Morgan fingerprint density at radius 1 is 1.07 bits per heavy atom. The Bertz CT molecular complexity index is 1890. The average Bonchev–Trinajstić information content (AvgIpc) is 3.31. The molecule has 1 atom stereocenters. The topological polar surface area (TPSA) is 69.9 Å². The van der Waals surface area contributed by atoms with Gasteiger partial charge in [-0.25, -0.2) is 9.79 Å². The normalized spacial score (nSPS) is 14.9. The second-order valence-electron chi connectivity index (χ2n) is 10.8. The van der Waals surface area contributed by atoms with Crippen LogP contribution in [-0.2, 0) is 16.1 Å². The number of hydrogen-bond acceptors (Lipinski definition) is 6. The molecular weight excluding hydrogens is 615 g/mol. The summed E-state index contributed by atoms with van der Waals surface area (Å²) in [5.74, 6) is 0.496.